The summed E-state index contributed by atoms with van der Waals surface area (Å²) in [6, 6.07) is 11.2. The van der Waals surface area contributed by atoms with Crippen LogP contribution < -0.4 is 16.0 Å². The van der Waals surface area contributed by atoms with E-state index in [1.54, 1.807) is 24.3 Å². The number of esters is 1. The van der Waals surface area contributed by atoms with Crippen LogP contribution in [-0.2, 0) is 14.3 Å². The Morgan fingerprint density at radius 2 is 1.88 bits per heavy atom. The van der Waals surface area contributed by atoms with Crippen molar-refractivity contribution in [3.05, 3.63) is 65.6 Å². The van der Waals surface area contributed by atoms with Gasteiger partial charge in [-0.05, 0) is 36.2 Å². The number of aromatic nitrogens is 1. The van der Waals surface area contributed by atoms with E-state index in [1.165, 1.54) is 31.4 Å². The Morgan fingerprint density at radius 3 is 2.62 bits per heavy atom. The highest BCUT2D eigenvalue weighted by Gasteiger charge is 2.28. The first-order chi connectivity index (χ1) is 16.4. The third-order valence-corrected chi connectivity index (χ3v) is 6.09. The van der Waals surface area contributed by atoms with Gasteiger partial charge in [-0.15, -0.1) is 0 Å². The summed E-state index contributed by atoms with van der Waals surface area (Å²) < 4.78 is 18.0. The number of ether oxygens (including phenoxy) is 1. The maximum absolute atomic E-state index is 13.3. The summed E-state index contributed by atoms with van der Waals surface area (Å²) in [6.45, 7) is 0. The van der Waals surface area contributed by atoms with Crippen LogP contribution in [-0.4, -0.2) is 41.8 Å². The van der Waals surface area contributed by atoms with Crippen molar-refractivity contribution >= 4 is 45.8 Å². The molecule has 3 amide bonds. The molecule has 174 valence electrons. The van der Waals surface area contributed by atoms with Crippen molar-refractivity contribution in [2.75, 3.05) is 17.7 Å². The normalized spacial score (nSPS) is 14.9. The number of carbonyl (C=O) groups is 4. The Balaban J connectivity index is 1.44. The molecule has 11 heteroatoms. The van der Waals surface area contributed by atoms with E-state index in [4.69, 9.17) is 4.74 Å². The zero-order chi connectivity index (χ0) is 24.2. The second kappa shape index (κ2) is 9.79. The quantitative estimate of drug-likeness (QED) is 0.463. The summed E-state index contributed by atoms with van der Waals surface area (Å²) >= 11 is 1.03. The number of halogens is 1. The minimum atomic E-state index is -0.901. The summed E-state index contributed by atoms with van der Waals surface area (Å²) in [5.41, 5.74) is 1.28. The van der Waals surface area contributed by atoms with Crippen molar-refractivity contribution in [1.29, 1.82) is 0 Å². The minimum Gasteiger partial charge on any atom is -0.464 e. The highest BCUT2D eigenvalue weighted by Crippen LogP contribution is 2.34. The van der Waals surface area contributed by atoms with E-state index in [2.05, 4.69) is 20.9 Å². The minimum absolute atomic E-state index is 0.0115. The highest BCUT2D eigenvalue weighted by molar-refractivity contribution is 7.19. The largest absolute Gasteiger partial charge is 0.464 e. The molecule has 9 nitrogen and oxygen atoms in total. The monoisotopic (exact) mass is 482 g/mol. The fourth-order valence-corrected chi connectivity index (χ4v) is 4.35. The summed E-state index contributed by atoms with van der Waals surface area (Å²) in [7, 11) is 1.21. The zero-order valence-electron chi connectivity index (χ0n) is 17.9. The molecule has 3 N–H and O–H groups in total. The molecule has 1 aliphatic rings. The number of amides is 3. The van der Waals surface area contributed by atoms with Gasteiger partial charge in [0.05, 0.1) is 23.2 Å². The maximum atomic E-state index is 13.3. The molecule has 0 aliphatic carbocycles. The molecule has 4 rings (SSSR count). The second-order valence-electron chi connectivity index (χ2n) is 7.34. The van der Waals surface area contributed by atoms with Gasteiger partial charge in [0.25, 0.3) is 5.91 Å². The van der Waals surface area contributed by atoms with Gasteiger partial charge < -0.3 is 20.7 Å². The first-order valence-electron chi connectivity index (χ1n) is 10.2. The van der Waals surface area contributed by atoms with Crippen LogP contribution in [0.15, 0.2) is 48.5 Å². The predicted molar refractivity (Wildman–Crippen MR) is 123 cm³/mol. The van der Waals surface area contributed by atoms with Crippen LogP contribution in [0, 0.1) is 5.82 Å². The van der Waals surface area contributed by atoms with Crippen LogP contribution in [0.25, 0.3) is 10.4 Å². The molecule has 34 heavy (non-hydrogen) atoms. The number of benzene rings is 2. The van der Waals surface area contributed by atoms with Crippen LogP contribution in [0.2, 0.25) is 0 Å². The Bertz CT molecular complexity index is 1270. The maximum Gasteiger partial charge on any atom is 0.358 e. The van der Waals surface area contributed by atoms with E-state index in [-0.39, 0.29) is 23.7 Å². The molecular weight excluding hydrogens is 463 g/mol. The Labute approximate surface area is 197 Å². The number of hydrogen-bond donors (Lipinski definition) is 3. The number of methoxy groups -OCH3 is 1. The smallest absolute Gasteiger partial charge is 0.358 e. The number of fused-ring (bicyclic) bond motifs is 1. The number of anilines is 2. The van der Waals surface area contributed by atoms with E-state index in [0.717, 1.165) is 11.3 Å². The first-order valence-corrected chi connectivity index (χ1v) is 11.0. The Kier molecular flexibility index (Phi) is 6.64. The van der Waals surface area contributed by atoms with Crippen molar-refractivity contribution in [2.45, 2.75) is 18.9 Å². The molecule has 1 aliphatic heterocycles. The van der Waals surface area contributed by atoms with Crippen molar-refractivity contribution in [2.24, 2.45) is 0 Å². The Morgan fingerprint density at radius 1 is 1.15 bits per heavy atom. The molecule has 0 fully saturated rings. The zero-order valence-corrected chi connectivity index (χ0v) is 18.7. The number of rotatable bonds is 6. The van der Waals surface area contributed by atoms with Gasteiger partial charge in [-0.2, -0.15) is 0 Å². The molecule has 0 bridgehead atoms. The van der Waals surface area contributed by atoms with Crippen LogP contribution in [0.4, 0.5) is 15.2 Å². The highest BCUT2D eigenvalue weighted by atomic mass is 32.1. The number of nitrogens with zero attached hydrogens (tertiary/aromatic N) is 1. The Hall–Kier alpha value is -4.12. The summed E-state index contributed by atoms with van der Waals surface area (Å²) in [4.78, 5) is 54.1. The standard InChI is InChI=1S/C23H19FN4O5S/c1-33-22(32)18-19(12-6-8-13(24)9-7-12)34-23(28-18)27-17(29)11-10-16-21(31)25-15-5-3-2-4-14(15)20(30)26-16/h2-9,16H,10-11H2,1H3,(H,25,31)(H,26,30)(H,27,28,29)/t16-/m1/s1. The summed E-state index contributed by atoms with van der Waals surface area (Å²) in [6.07, 6.45) is -0.0365. The molecule has 0 saturated carbocycles. The van der Waals surface area contributed by atoms with E-state index in [0.29, 0.717) is 21.7 Å². The summed E-state index contributed by atoms with van der Waals surface area (Å²) in [5.74, 6) is -2.43. The van der Waals surface area contributed by atoms with Gasteiger partial charge in [0.15, 0.2) is 10.8 Å². The van der Waals surface area contributed by atoms with E-state index >= 15 is 0 Å². The van der Waals surface area contributed by atoms with Crippen molar-refractivity contribution in [1.82, 2.24) is 10.3 Å². The van der Waals surface area contributed by atoms with Crippen molar-refractivity contribution in [3.8, 4) is 10.4 Å². The molecule has 0 spiro atoms. The number of carbonyl (C=O) groups excluding carboxylic acids is 4. The fraction of sp³-hybridized carbons (Fsp3) is 0.174. The molecule has 1 atom stereocenters. The number of thiazole rings is 1. The lowest BCUT2D eigenvalue weighted by molar-refractivity contribution is -0.118. The molecule has 0 radical (unpaired) electrons. The van der Waals surface area contributed by atoms with Crippen molar-refractivity contribution < 1.29 is 28.3 Å². The van der Waals surface area contributed by atoms with Crippen LogP contribution in [0.3, 0.4) is 0 Å². The van der Waals surface area contributed by atoms with Gasteiger partial charge in [-0.25, -0.2) is 14.2 Å². The lowest BCUT2D eigenvalue weighted by Gasteiger charge is -2.13. The van der Waals surface area contributed by atoms with Gasteiger partial charge in [-0.1, -0.05) is 35.6 Å². The lowest BCUT2D eigenvalue weighted by atomic mass is 10.1. The topological polar surface area (TPSA) is 126 Å². The van der Waals surface area contributed by atoms with Gasteiger partial charge in [-0.3, -0.25) is 14.4 Å². The van der Waals surface area contributed by atoms with Crippen molar-refractivity contribution in [3.63, 3.8) is 0 Å². The third-order valence-electron chi connectivity index (χ3n) is 5.07. The van der Waals surface area contributed by atoms with Gasteiger partial charge in [0.2, 0.25) is 11.8 Å². The molecular formula is C23H19FN4O5S. The SMILES string of the molecule is COC(=O)c1nc(NC(=O)CC[C@H]2NC(=O)c3ccccc3NC2=O)sc1-c1ccc(F)cc1. The third kappa shape index (κ3) is 4.94. The lowest BCUT2D eigenvalue weighted by Crippen LogP contribution is -2.41. The predicted octanol–water partition coefficient (Wildman–Crippen LogP) is 3.21. The molecule has 1 aromatic heterocycles. The number of nitrogens with one attached hydrogen (secondary N) is 3. The van der Waals surface area contributed by atoms with E-state index in [9.17, 15) is 23.6 Å². The molecule has 0 saturated heterocycles. The number of hydrogen-bond acceptors (Lipinski definition) is 7. The van der Waals surface area contributed by atoms with Gasteiger partial charge in [0, 0.05) is 6.42 Å². The van der Waals surface area contributed by atoms with Crippen LogP contribution in [0.5, 0.6) is 0 Å². The van der Waals surface area contributed by atoms with E-state index in [1.807, 2.05) is 0 Å². The van der Waals surface area contributed by atoms with E-state index < -0.39 is 35.5 Å². The second-order valence-corrected chi connectivity index (χ2v) is 8.34. The van der Waals surface area contributed by atoms with Crippen LogP contribution >= 0.6 is 11.3 Å². The van der Waals surface area contributed by atoms with Gasteiger partial charge in [0.1, 0.15) is 11.9 Å². The average molecular weight is 482 g/mol. The summed E-state index contributed by atoms with van der Waals surface area (Å²) in [5, 5.41) is 8.06. The first kappa shape index (κ1) is 23.1. The molecule has 3 aromatic rings. The average Bonchev–Trinajstić information content (AvgIpc) is 3.20. The van der Waals surface area contributed by atoms with Crippen LogP contribution in [0.1, 0.15) is 33.7 Å². The van der Waals surface area contributed by atoms with Gasteiger partial charge >= 0.3 is 5.97 Å². The number of para-hydroxylation sites is 1. The molecule has 2 aromatic carbocycles. The molecule has 0 unspecified atom stereocenters. The fourth-order valence-electron chi connectivity index (χ4n) is 3.38. The molecule has 2 heterocycles.